The van der Waals surface area contributed by atoms with E-state index in [2.05, 4.69) is 10.3 Å². The van der Waals surface area contributed by atoms with Gasteiger partial charge in [0.25, 0.3) is 5.91 Å². The van der Waals surface area contributed by atoms with Crippen molar-refractivity contribution in [2.75, 3.05) is 5.32 Å². The molecule has 1 aliphatic heterocycles. The number of benzene rings is 1. The molecule has 0 atom stereocenters. The summed E-state index contributed by atoms with van der Waals surface area (Å²) in [7, 11) is 1.91. The maximum absolute atomic E-state index is 12.7. The topological polar surface area (TPSA) is 71.0 Å². The number of carbonyl (C=O) groups is 1. The molecule has 6 heteroatoms. The molecule has 24 heavy (non-hydrogen) atoms. The Morgan fingerprint density at radius 2 is 2.00 bits per heavy atom. The van der Waals surface area contributed by atoms with E-state index < -0.39 is 0 Å². The Bertz CT molecular complexity index is 970. The van der Waals surface area contributed by atoms with Gasteiger partial charge in [-0.15, -0.1) is 0 Å². The second-order valence-corrected chi connectivity index (χ2v) is 5.85. The molecule has 3 aromatic rings. The number of aromatic nitrogens is 3. The van der Waals surface area contributed by atoms with Gasteiger partial charge >= 0.3 is 0 Å². The van der Waals surface area contributed by atoms with Gasteiger partial charge in [0, 0.05) is 25.1 Å². The Kier molecular flexibility index (Phi) is 3.30. The number of para-hydroxylation sites is 2. The van der Waals surface area contributed by atoms with Crippen LogP contribution in [0.25, 0.3) is 16.6 Å². The number of allylic oxidation sites excluding steroid dienone is 1. The van der Waals surface area contributed by atoms with E-state index >= 15 is 0 Å². The molecule has 0 saturated carbocycles. The average Bonchev–Trinajstić information content (AvgIpc) is 2.95. The maximum atomic E-state index is 12.7. The number of aliphatic hydroxyl groups is 1. The van der Waals surface area contributed by atoms with Crippen LogP contribution in [-0.2, 0) is 18.4 Å². The summed E-state index contributed by atoms with van der Waals surface area (Å²) >= 11 is 0. The molecule has 1 aliphatic rings. The Morgan fingerprint density at radius 1 is 1.25 bits per heavy atom. The van der Waals surface area contributed by atoms with E-state index in [1.165, 1.54) is 0 Å². The highest BCUT2D eigenvalue weighted by atomic mass is 16.3. The van der Waals surface area contributed by atoms with Gasteiger partial charge in [0.15, 0.2) is 12.4 Å². The Morgan fingerprint density at radius 3 is 2.79 bits per heavy atom. The zero-order valence-electron chi connectivity index (χ0n) is 13.2. The molecular weight excluding hydrogens is 304 g/mol. The summed E-state index contributed by atoms with van der Waals surface area (Å²) in [5, 5.41) is 13.1. The van der Waals surface area contributed by atoms with Crippen molar-refractivity contribution in [1.29, 1.82) is 0 Å². The summed E-state index contributed by atoms with van der Waals surface area (Å²) < 4.78 is 3.86. The van der Waals surface area contributed by atoms with E-state index in [4.69, 9.17) is 0 Å². The molecule has 0 fully saturated rings. The Balaban J connectivity index is 1.74. The number of pyridine rings is 1. The molecule has 0 spiro atoms. The third kappa shape index (κ3) is 2.32. The molecule has 0 radical (unpaired) electrons. The Hall–Kier alpha value is -3.15. The third-order valence-electron chi connectivity index (χ3n) is 4.20. The van der Waals surface area contributed by atoms with Crippen LogP contribution in [0.5, 0.6) is 0 Å². The number of imidazole rings is 1. The molecule has 1 amide bonds. The molecule has 0 aliphatic carbocycles. The van der Waals surface area contributed by atoms with Gasteiger partial charge in [0.2, 0.25) is 0 Å². The standard InChI is InChI=1S/C18H16N4O2/c1-21-9-6-12(7-10-21)19-18(24)16-15(23)8-11-22-14-5-3-2-4-13(14)20-17(16)22/h2-7,9-10H,8,11H2,1H3,(H,20,23,24)/p+1. The van der Waals surface area contributed by atoms with E-state index in [1.807, 2.05) is 52.8 Å². The van der Waals surface area contributed by atoms with Crippen molar-refractivity contribution in [2.24, 2.45) is 7.05 Å². The summed E-state index contributed by atoms with van der Waals surface area (Å²) in [5.74, 6) is 0.244. The number of hydrogen-bond acceptors (Lipinski definition) is 3. The lowest BCUT2D eigenvalue weighted by molar-refractivity contribution is -0.671. The lowest BCUT2D eigenvalue weighted by Gasteiger charge is -2.18. The largest absolute Gasteiger partial charge is 0.511 e. The monoisotopic (exact) mass is 321 g/mol. The smallest absolute Gasteiger partial charge is 0.262 e. The minimum absolute atomic E-state index is 0.0804. The molecule has 0 bridgehead atoms. The molecule has 120 valence electrons. The highest BCUT2D eigenvalue weighted by molar-refractivity contribution is 6.25. The van der Waals surface area contributed by atoms with Crippen molar-refractivity contribution in [3.63, 3.8) is 0 Å². The molecular formula is C18H17N4O2+. The fourth-order valence-electron chi connectivity index (χ4n) is 2.97. The number of aliphatic hydroxyl groups excluding tert-OH is 1. The van der Waals surface area contributed by atoms with Crippen LogP contribution in [0.4, 0.5) is 5.69 Å². The number of fused-ring (bicyclic) bond motifs is 3. The molecule has 2 N–H and O–H groups in total. The normalized spacial score (nSPS) is 13.9. The number of aryl methyl sites for hydroxylation is 2. The number of amides is 1. The predicted molar refractivity (Wildman–Crippen MR) is 90.1 cm³/mol. The quantitative estimate of drug-likeness (QED) is 0.711. The van der Waals surface area contributed by atoms with Crippen LogP contribution in [0.1, 0.15) is 12.2 Å². The van der Waals surface area contributed by atoms with Gasteiger partial charge in [-0.3, -0.25) is 4.79 Å². The van der Waals surface area contributed by atoms with Gasteiger partial charge in [0.05, 0.1) is 16.7 Å². The number of nitrogens with one attached hydrogen (secondary N) is 1. The second-order valence-electron chi connectivity index (χ2n) is 5.85. The van der Waals surface area contributed by atoms with Crippen LogP contribution in [0, 0.1) is 0 Å². The highest BCUT2D eigenvalue weighted by Crippen LogP contribution is 2.30. The summed E-state index contributed by atoms with van der Waals surface area (Å²) in [5.41, 5.74) is 2.70. The summed E-state index contributed by atoms with van der Waals surface area (Å²) in [6.07, 6.45) is 4.11. The first-order chi connectivity index (χ1) is 11.6. The first kappa shape index (κ1) is 14.4. The van der Waals surface area contributed by atoms with Gasteiger partial charge < -0.3 is 15.0 Å². The van der Waals surface area contributed by atoms with Crippen molar-refractivity contribution in [1.82, 2.24) is 9.55 Å². The van der Waals surface area contributed by atoms with Crippen LogP contribution in [0.2, 0.25) is 0 Å². The maximum Gasteiger partial charge on any atom is 0.262 e. The number of hydrogen-bond donors (Lipinski definition) is 2. The van der Waals surface area contributed by atoms with E-state index in [0.717, 1.165) is 11.0 Å². The first-order valence-electron chi connectivity index (χ1n) is 7.78. The average molecular weight is 321 g/mol. The Labute approximate surface area is 138 Å². The van der Waals surface area contributed by atoms with Crippen LogP contribution in [0.3, 0.4) is 0 Å². The van der Waals surface area contributed by atoms with Crippen molar-refractivity contribution < 1.29 is 14.5 Å². The molecule has 2 aromatic heterocycles. The zero-order chi connectivity index (χ0) is 16.7. The summed E-state index contributed by atoms with van der Waals surface area (Å²) in [6.45, 7) is 0.611. The third-order valence-corrected chi connectivity index (χ3v) is 4.20. The van der Waals surface area contributed by atoms with E-state index in [0.29, 0.717) is 24.5 Å². The number of rotatable bonds is 2. The minimum atomic E-state index is -0.349. The molecule has 3 heterocycles. The van der Waals surface area contributed by atoms with Crippen molar-refractivity contribution >= 4 is 28.2 Å². The second kappa shape index (κ2) is 5.49. The number of carbonyl (C=O) groups excluding carboxylic acids is 1. The zero-order valence-corrected chi connectivity index (χ0v) is 13.2. The first-order valence-corrected chi connectivity index (χ1v) is 7.78. The molecule has 0 saturated heterocycles. The summed E-state index contributed by atoms with van der Waals surface area (Å²) in [4.78, 5) is 17.3. The fourth-order valence-corrected chi connectivity index (χ4v) is 2.97. The number of nitrogens with zero attached hydrogens (tertiary/aromatic N) is 3. The SMILES string of the molecule is C[n+]1ccc(NC(=O)C2=C(O)CCn3c2nc2ccccc23)cc1. The predicted octanol–water partition coefficient (Wildman–Crippen LogP) is 2.17. The van der Waals surface area contributed by atoms with Gasteiger partial charge in [-0.2, -0.15) is 0 Å². The van der Waals surface area contributed by atoms with Gasteiger partial charge in [-0.25, -0.2) is 9.55 Å². The minimum Gasteiger partial charge on any atom is -0.511 e. The van der Waals surface area contributed by atoms with Gasteiger partial charge in [0.1, 0.15) is 24.2 Å². The van der Waals surface area contributed by atoms with Crippen molar-refractivity contribution in [2.45, 2.75) is 13.0 Å². The van der Waals surface area contributed by atoms with E-state index in [1.54, 1.807) is 12.1 Å². The van der Waals surface area contributed by atoms with Crippen molar-refractivity contribution in [3.8, 4) is 0 Å². The molecule has 6 nitrogen and oxygen atoms in total. The van der Waals surface area contributed by atoms with Crippen molar-refractivity contribution in [3.05, 3.63) is 60.4 Å². The van der Waals surface area contributed by atoms with Crippen LogP contribution in [-0.4, -0.2) is 20.6 Å². The highest BCUT2D eigenvalue weighted by Gasteiger charge is 2.28. The molecule has 1 aromatic carbocycles. The van der Waals surface area contributed by atoms with Crippen LogP contribution >= 0.6 is 0 Å². The van der Waals surface area contributed by atoms with Crippen LogP contribution in [0.15, 0.2) is 54.6 Å². The lowest BCUT2D eigenvalue weighted by atomic mass is 10.1. The summed E-state index contributed by atoms with van der Waals surface area (Å²) in [6, 6.07) is 11.3. The lowest BCUT2D eigenvalue weighted by Crippen LogP contribution is -2.27. The van der Waals surface area contributed by atoms with Gasteiger partial charge in [-0.1, -0.05) is 12.1 Å². The van der Waals surface area contributed by atoms with Gasteiger partial charge in [-0.05, 0) is 12.1 Å². The van der Waals surface area contributed by atoms with E-state index in [-0.39, 0.29) is 17.2 Å². The molecule has 4 rings (SSSR count). The fraction of sp³-hybridized carbons (Fsp3) is 0.167. The van der Waals surface area contributed by atoms with E-state index in [9.17, 15) is 9.90 Å². The van der Waals surface area contributed by atoms with Crippen LogP contribution < -0.4 is 9.88 Å². The molecule has 0 unspecified atom stereocenters. The number of anilines is 1.